The van der Waals surface area contributed by atoms with E-state index >= 15 is 0 Å². The van der Waals surface area contributed by atoms with E-state index in [1.807, 2.05) is 0 Å². The van der Waals surface area contributed by atoms with E-state index in [1.54, 1.807) is 0 Å². The van der Waals surface area contributed by atoms with Crippen molar-refractivity contribution in [3.8, 4) is 11.8 Å². The molecule has 1 heterocycles. The van der Waals surface area contributed by atoms with Crippen molar-refractivity contribution in [3.63, 3.8) is 0 Å². The highest BCUT2D eigenvalue weighted by Gasteiger charge is 2.26. The number of hydrogen-bond acceptors (Lipinski definition) is 16. The van der Waals surface area contributed by atoms with Gasteiger partial charge in [-0.2, -0.15) is 45.3 Å². The van der Waals surface area contributed by atoms with Gasteiger partial charge in [0.25, 0.3) is 30.4 Å². The van der Waals surface area contributed by atoms with Crippen molar-refractivity contribution >= 4 is 81.7 Å². The Morgan fingerprint density at radius 1 is 0.673 bits per heavy atom. The van der Waals surface area contributed by atoms with Crippen LogP contribution in [0.15, 0.2) is 91.6 Å². The van der Waals surface area contributed by atoms with Crippen molar-refractivity contribution in [2.24, 2.45) is 10.2 Å². The predicted octanol–water partition coefficient (Wildman–Crippen LogP) is 3.78. The average Bonchev–Trinajstić information content (AvgIpc) is 2.99. The quantitative estimate of drug-likeness (QED) is 0.0747. The van der Waals surface area contributed by atoms with Crippen LogP contribution >= 0.6 is 0 Å². The van der Waals surface area contributed by atoms with E-state index in [-0.39, 0.29) is 16.9 Å². The molecule has 20 nitrogen and oxygen atoms in total. The second-order valence-electron chi connectivity index (χ2n) is 9.64. The molecule has 0 bridgehead atoms. The summed E-state index contributed by atoms with van der Waals surface area (Å²) in [4.78, 5) is 20.5. The minimum atomic E-state index is -5.22. The number of carboxylic acid groups (broad SMARTS) is 1. The molecule has 0 amide bonds. The van der Waals surface area contributed by atoms with E-state index in [0.29, 0.717) is 6.07 Å². The van der Waals surface area contributed by atoms with E-state index in [2.05, 4.69) is 35.8 Å². The van der Waals surface area contributed by atoms with Gasteiger partial charge in [0.15, 0.2) is 5.75 Å². The molecule has 0 aliphatic heterocycles. The van der Waals surface area contributed by atoms with Gasteiger partial charge in [-0.3, -0.25) is 13.7 Å². The second-order valence-corrected chi connectivity index (χ2v) is 13.9. The molecule has 0 atom stereocenters. The van der Waals surface area contributed by atoms with Crippen LogP contribution in [0.3, 0.4) is 0 Å². The molecule has 0 fully saturated rings. The van der Waals surface area contributed by atoms with Crippen molar-refractivity contribution in [1.29, 1.82) is 0 Å². The molecule has 5 rings (SSSR count). The number of phenols is 1. The van der Waals surface area contributed by atoms with Crippen LogP contribution in [0.1, 0.15) is 10.4 Å². The Labute approximate surface area is 274 Å². The fraction of sp³-hybridized carbons (Fsp3) is 0. The molecule has 0 spiro atoms. The maximum atomic E-state index is 12.3. The second kappa shape index (κ2) is 12.6. The van der Waals surface area contributed by atoms with E-state index < -0.39 is 96.8 Å². The number of para-hydroxylation sites is 1. The summed E-state index contributed by atoms with van der Waals surface area (Å²) >= 11 is 0. The molecule has 8 N–H and O–H groups in total. The third-order valence-corrected chi connectivity index (χ3v) is 8.94. The van der Waals surface area contributed by atoms with Crippen molar-refractivity contribution in [3.05, 3.63) is 72.3 Å². The summed E-state index contributed by atoms with van der Waals surface area (Å²) < 4.78 is 100. The first-order valence-electron chi connectivity index (χ1n) is 12.9. The summed E-state index contributed by atoms with van der Waals surface area (Å²) in [7, 11) is -14.8. The molecule has 0 unspecified atom stereocenters. The molecule has 254 valence electrons. The lowest BCUT2D eigenvalue weighted by Crippen LogP contribution is -2.07. The molecule has 23 heteroatoms. The largest absolute Gasteiger partial charge is 0.505 e. The smallest absolute Gasteiger partial charge is 0.337 e. The summed E-state index contributed by atoms with van der Waals surface area (Å²) in [5.41, 5.74) is -1.63. The summed E-state index contributed by atoms with van der Waals surface area (Å²) in [6.07, 6.45) is 0. The topological polar surface area (TPSA) is 328 Å². The Bertz CT molecular complexity index is 2530. The van der Waals surface area contributed by atoms with E-state index in [9.17, 15) is 54.5 Å². The third-order valence-electron chi connectivity index (χ3n) is 6.37. The number of rotatable bonds is 10. The highest BCUT2D eigenvalue weighted by molar-refractivity contribution is 7.86. The van der Waals surface area contributed by atoms with Crippen LogP contribution in [0.5, 0.6) is 11.8 Å². The van der Waals surface area contributed by atoms with Gasteiger partial charge >= 0.3 is 12.0 Å². The third kappa shape index (κ3) is 7.67. The van der Waals surface area contributed by atoms with E-state index in [4.69, 9.17) is 4.55 Å². The Hall–Kier alpha value is -5.85. The molecule has 4 aromatic carbocycles. The van der Waals surface area contributed by atoms with Crippen LogP contribution in [0.25, 0.3) is 10.8 Å². The molecule has 1 aromatic heterocycles. The average molecular weight is 734 g/mol. The lowest BCUT2D eigenvalue weighted by Gasteiger charge is -2.15. The van der Waals surface area contributed by atoms with Crippen molar-refractivity contribution in [2.45, 2.75) is 14.7 Å². The van der Waals surface area contributed by atoms with Gasteiger partial charge in [-0.05, 0) is 60.0 Å². The molecule has 49 heavy (non-hydrogen) atoms. The molecule has 0 aliphatic rings. The number of benzene rings is 4. The van der Waals surface area contributed by atoms with Crippen LogP contribution in [-0.2, 0) is 30.4 Å². The minimum absolute atomic E-state index is 0.00314. The molecular formula is C26H19N7O13S3. The fourth-order valence-electron chi connectivity index (χ4n) is 4.29. The summed E-state index contributed by atoms with van der Waals surface area (Å²) in [6, 6.07) is 10.9. The van der Waals surface area contributed by atoms with Gasteiger partial charge in [-0.15, -0.1) is 5.11 Å². The molecule has 0 saturated heterocycles. The number of carbonyl (C=O) groups is 1. The molecule has 0 saturated carbocycles. The zero-order chi connectivity index (χ0) is 35.9. The zero-order valence-corrected chi connectivity index (χ0v) is 26.3. The van der Waals surface area contributed by atoms with Crippen molar-refractivity contribution in [1.82, 2.24) is 15.0 Å². The number of fused-ring (bicyclic) bond motifs is 1. The van der Waals surface area contributed by atoms with Crippen LogP contribution in [-0.4, -0.2) is 75.2 Å². The number of azo groups is 1. The van der Waals surface area contributed by atoms with Crippen molar-refractivity contribution in [2.75, 3.05) is 10.6 Å². The Morgan fingerprint density at radius 3 is 1.84 bits per heavy atom. The van der Waals surface area contributed by atoms with Crippen LogP contribution in [0.4, 0.5) is 34.6 Å². The van der Waals surface area contributed by atoms with Gasteiger partial charge in [-0.1, -0.05) is 12.1 Å². The molecule has 0 radical (unpaired) electrons. The van der Waals surface area contributed by atoms with Gasteiger partial charge < -0.3 is 26.0 Å². The van der Waals surface area contributed by atoms with Gasteiger partial charge in [0.05, 0.1) is 32.4 Å². The normalized spacial score (nSPS) is 12.3. The number of aromatic carboxylic acids is 1. The molecule has 0 aliphatic carbocycles. The van der Waals surface area contributed by atoms with Crippen LogP contribution in [0.2, 0.25) is 0 Å². The minimum Gasteiger partial charge on any atom is -0.505 e. The molecule has 5 aromatic rings. The van der Waals surface area contributed by atoms with Gasteiger partial charge in [0.1, 0.15) is 10.6 Å². The SMILES string of the molecule is O=C(O)c1ccccc1Nc1nc(O)nc(Nc2cc(S(=O)(=O)O)cc3cc(S(=O)(=O)O)c(N=Nc4ccc(S(=O)(=O)O)cc4)c(O)c23)n1. The van der Waals surface area contributed by atoms with Crippen LogP contribution in [0, 0.1) is 0 Å². The van der Waals surface area contributed by atoms with Gasteiger partial charge in [-0.25, -0.2) is 4.79 Å². The Balaban J connectivity index is 1.68. The summed E-state index contributed by atoms with van der Waals surface area (Å²) in [6.45, 7) is 0. The number of phenolic OH excluding ortho intramolecular Hbond substituents is 1. The highest BCUT2D eigenvalue weighted by atomic mass is 32.2. The monoisotopic (exact) mass is 733 g/mol. The first-order chi connectivity index (χ1) is 22.8. The lowest BCUT2D eigenvalue weighted by molar-refractivity contribution is 0.0698. The Kier molecular flexibility index (Phi) is 8.89. The highest BCUT2D eigenvalue weighted by Crippen LogP contribution is 2.45. The predicted molar refractivity (Wildman–Crippen MR) is 167 cm³/mol. The molecular weight excluding hydrogens is 715 g/mol. The number of hydrogen-bond donors (Lipinski definition) is 8. The van der Waals surface area contributed by atoms with Gasteiger partial charge in [0.2, 0.25) is 11.9 Å². The number of carboxylic acids is 1. The number of nitrogens with one attached hydrogen (secondary N) is 2. The Morgan fingerprint density at radius 2 is 1.27 bits per heavy atom. The lowest BCUT2D eigenvalue weighted by atomic mass is 10.1. The number of aromatic nitrogens is 3. The first kappa shape index (κ1) is 34.5. The standard InChI is InChI=1S/C26H19N7O13S3/c34-22-20-12(10-19(49(44,45)46)21(22)33-32-13-5-7-14(8-6-13)47(38,39)40)9-15(48(41,42)43)11-18(20)28-25-29-24(30-26(37)31-25)27-17-4-2-1-3-16(17)23(35)36/h1-11,34H,(H,35,36)(H,38,39,40)(H,41,42,43)(H,44,45,46)(H3,27,28,29,30,31,37). The maximum absolute atomic E-state index is 12.3. The van der Waals surface area contributed by atoms with Crippen LogP contribution < -0.4 is 10.6 Å². The van der Waals surface area contributed by atoms with E-state index in [0.717, 1.165) is 36.4 Å². The maximum Gasteiger partial charge on any atom is 0.337 e. The summed E-state index contributed by atoms with van der Waals surface area (Å²) in [5, 5.41) is 42.6. The van der Waals surface area contributed by atoms with Gasteiger partial charge in [0, 0.05) is 5.39 Å². The van der Waals surface area contributed by atoms with Crippen molar-refractivity contribution < 1.29 is 59.0 Å². The van der Waals surface area contributed by atoms with E-state index in [1.165, 1.54) is 24.3 Å². The zero-order valence-electron chi connectivity index (χ0n) is 23.9. The number of nitrogens with zero attached hydrogens (tertiary/aromatic N) is 5. The number of aromatic hydroxyl groups is 2. The fourth-order valence-corrected chi connectivity index (χ4v) is 5.97. The number of anilines is 4. The first-order valence-corrected chi connectivity index (χ1v) is 17.2. The summed E-state index contributed by atoms with van der Waals surface area (Å²) in [5.74, 6) is -3.29.